The molecule has 38 heavy (non-hydrogen) atoms. The molecule has 2 unspecified atom stereocenters. The minimum Gasteiger partial charge on any atom is -0.477 e. The van der Waals surface area contributed by atoms with Gasteiger partial charge in [0.25, 0.3) is 11.8 Å². The van der Waals surface area contributed by atoms with Gasteiger partial charge in [-0.15, -0.1) is 23.1 Å². The number of aliphatic carboxylic acids is 1. The molecule has 2 aliphatic rings. The Labute approximate surface area is 225 Å². The predicted octanol–water partition coefficient (Wildman–Crippen LogP) is 1.51. The maximum absolute atomic E-state index is 13.0. The zero-order chi connectivity index (χ0) is 26.8. The molecule has 3 aromatic rings. The topological polar surface area (TPSA) is 151 Å². The van der Waals surface area contributed by atoms with Crippen molar-refractivity contribution in [3.05, 3.63) is 76.6 Å². The van der Waals surface area contributed by atoms with Gasteiger partial charge in [0.05, 0.1) is 6.04 Å². The number of allylic oxidation sites excluding steroid dienone is 2. The van der Waals surface area contributed by atoms with E-state index in [2.05, 4.69) is 15.5 Å². The Kier molecular flexibility index (Phi) is 7.11. The van der Waals surface area contributed by atoms with Crippen molar-refractivity contribution < 1.29 is 28.9 Å². The zero-order valence-electron chi connectivity index (χ0n) is 20.1. The number of oxime groups is 1. The standard InChI is InChI=1S/C25H22N6O5S2/c1-36-29-19(16-12-38-25(26)27-16)22(32)28-20-17-13-37-18(21(24(34)35)31(17)23(20)33)7-4-9-30-10-8-14-5-2-3-6-15(14)11-30/h2-8,10-12,17,20H,9,13H2,1H3,(H3-,26,27,28,32,34,35)/p+1/b7-4+,29-19?. The average molecular weight is 552 g/mol. The van der Waals surface area contributed by atoms with Crippen LogP contribution in [0.4, 0.5) is 5.13 Å². The minimum absolute atomic E-state index is 0.0976. The van der Waals surface area contributed by atoms with Crippen molar-refractivity contribution >= 4 is 62.5 Å². The molecule has 194 valence electrons. The Morgan fingerprint density at radius 3 is 2.84 bits per heavy atom. The summed E-state index contributed by atoms with van der Waals surface area (Å²) in [6.07, 6.45) is 7.55. The molecule has 0 aliphatic carbocycles. The molecule has 0 radical (unpaired) electrons. The first-order valence-electron chi connectivity index (χ1n) is 11.5. The maximum Gasteiger partial charge on any atom is 0.353 e. The maximum atomic E-state index is 13.0. The van der Waals surface area contributed by atoms with E-state index in [9.17, 15) is 19.5 Å². The Morgan fingerprint density at radius 1 is 1.34 bits per heavy atom. The summed E-state index contributed by atoms with van der Waals surface area (Å²) in [5, 5.41) is 20.3. The molecule has 11 nitrogen and oxygen atoms in total. The number of nitrogens with zero attached hydrogens (tertiary/aromatic N) is 4. The van der Waals surface area contributed by atoms with Gasteiger partial charge in [0, 0.05) is 27.5 Å². The SMILES string of the molecule is CON=C(C(=O)NC1C(=O)N2C(C(=O)O)=C(/C=C/C[n+]3ccc4ccccc4c3)SCC12)c1csc(N)n1. The quantitative estimate of drug-likeness (QED) is 0.165. The van der Waals surface area contributed by atoms with E-state index in [0.29, 0.717) is 17.2 Å². The number of nitrogens with two attached hydrogens (primary N) is 1. The van der Waals surface area contributed by atoms with Gasteiger partial charge in [0.2, 0.25) is 0 Å². The number of pyridine rings is 1. The van der Waals surface area contributed by atoms with E-state index in [1.54, 1.807) is 11.5 Å². The highest BCUT2D eigenvalue weighted by Crippen LogP contribution is 2.39. The van der Waals surface area contributed by atoms with Crippen LogP contribution in [0.3, 0.4) is 0 Å². The molecule has 2 aromatic heterocycles. The molecule has 0 saturated carbocycles. The van der Waals surface area contributed by atoms with E-state index >= 15 is 0 Å². The molecule has 1 saturated heterocycles. The Morgan fingerprint density at radius 2 is 2.13 bits per heavy atom. The van der Waals surface area contributed by atoms with E-state index in [1.807, 2.05) is 53.4 Å². The first-order chi connectivity index (χ1) is 18.4. The van der Waals surface area contributed by atoms with E-state index < -0.39 is 29.9 Å². The number of carbonyl (C=O) groups is 3. The predicted molar refractivity (Wildman–Crippen MR) is 143 cm³/mol. The van der Waals surface area contributed by atoms with E-state index in [-0.39, 0.29) is 22.2 Å². The van der Waals surface area contributed by atoms with Crippen LogP contribution < -0.4 is 15.6 Å². The second-order valence-corrected chi connectivity index (χ2v) is 10.4. The summed E-state index contributed by atoms with van der Waals surface area (Å²) in [6, 6.07) is 8.62. The molecule has 4 N–H and O–H groups in total. The van der Waals surface area contributed by atoms with Crippen LogP contribution in [-0.4, -0.2) is 63.4 Å². The summed E-state index contributed by atoms with van der Waals surface area (Å²) >= 11 is 2.46. The summed E-state index contributed by atoms with van der Waals surface area (Å²) in [7, 11) is 1.29. The average Bonchev–Trinajstić information content (AvgIpc) is 3.35. The number of hydrogen-bond donors (Lipinski definition) is 3. The van der Waals surface area contributed by atoms with Crippen molar-refractivity contribution in [1.82, 2.24) is 15.2 Å². The molecule has 2 aliphatic heterocycles. The molecule has 4 heterocycles. The minimum atomic E-state index is -1.21. The fourth-order valence-electron chi connectivity index (χ4n) is 4.32. The molecule has 0 bridgehead atoms. The summed E-state index contributed by atoms with van der Waals surface area (Å²) in [5.74, 6) is -1.97. The second-order valence-electron chi connectivity index (χ2n) is 8.42. The van der Waals surface area contributed by atoms with Gasteiger partial charge in [-0.25, -0.2) is 14.3 Å². The van der Waals surface area contributed by atoms with Gasteiger partial charge in [-0.2, -0.15) is 0 Å². The molecule has 13 heteroatoms. The van der Waals surface area contributed by atoms with Gasteiger partial charge in [-0.1, -0.05) is 23.4 Å². The fourth-order valence-corrected chi connectivity index (χ4v) is 6.08. The fraction of sp³-hybridized carbons (Fsp3) is 0.200. The highest BCUT2D eigenvalue weighted by atomic mass is 32.2. The molecular formula is C25H23N6O5S2+. The highest BCUT2D eigenvalue weighted by molar-refractivity contribution is 8.03. The van der Waals surface area contributed by atoms with Crippen molar-refractivity contribution in [2.45, 2.75) is 18.6 Å². The molecule has 2 amide bonds. The summed E-state index contributed by atoms with van der Waals surface area (Å²) in [4.78, 5) is 48.6. The number of carboxylic acid groups (broad SMARTS) is 1. The number of amides is 2. The number of rotatable bonds is 8. The number of benzene rings is 1. The van der Waals surface area contributed by atoms with Gasteiger partial charge in [-0.3, -0.25) is 14.5 Å². The van der Waals surface area contributed by atoms with Crippen molar-refractivity contribution in [1.29, 1.82) is 0 Å². The Balaban J connectivity index is 1.30. The van der Waals surface area contributed by atoms with Crippen molar-refractivity contribution in [3.8, 4) is 0 Å². The van der Waals surface area contributed by atoms with Crippen molar-refractivity contribution in [2.24, 2.45) is 5.16 Å². The smallest absolute Gasteiger partial charge is 0.353 e. The lowest BCUT2D eigenvalue weighted by molar-refractivity contribution is -0.685. The first-order valence-corrected chi connectivity index (χ1v) is 13.3. The third-order valence-electron chi connectivity index (χ3n) is 6.09. The number of fused-ring (bicyclic) bond motifs is 2. The number of aromatic nitrogens is 2. The van der Waals surface area contributed by atoms with E-state index in [0.717, 1.165) is 22.1 Å². The molecule has 2 atom stereocenters. The van der Waals surface area contributed by atoms with Crippen LogP contribution in [0.5, 0.6) is 0 Å². The number of carboxylic acids is 1. The third kappa shape index (κ3) is 4.85. The molecular weight excluding hydrogens is 528 g/mol. The van der Waals surface area contributed by atoms with Crippen molar-refractivity contribution in [3.63, 3.8) is 0 Å². The molecule has 5 rings (SSSR count). The molecule has 1 fully saturated rings. The summed E-state index contributed by atoms with van der Waals surface area (Å²) < 4.78 is 1.99. The second kappa shape index (κ2) is 10.6. The lowest BCUT2D eigenvalue weighted by Crippen LogP contribution is -2.73. The zero-order valence-corrected chi connectivity index (χ0v) is 21.7. The Bertz CT molecular complexity index is 1530. The van der Waals surface area contributed by atoms with E-state index in [4.69, 9.17) is 10.6 Å². The number of β-lactam (4-membered cyclic amide) rings is 1. The number of hydrogen-bond acceptors (Lipinski definition) is 9. The van der Waals surface area contributed by atoms with Crippen LogP contribution in [0, 0.1) is 0 Å². The molecule has 1 aromatic carbocycles. The van der Waals surface area contributed by atoms with Crippen LogP contribution in [0.1, 0.15) is 5.69 Å². The number of nitrogen functional groups attached to an aromatic ring is 1. The van der Waals surface area contributed by atoms with Crippen LogP contribution in [0.2, 0.25) is 0 Å². The Hall–Kier alpha value is -4.23. The number of thioether (sulfide) groups is 1. The number of thiazole rings is 1. The van der Waals surface area contributed by atoms with E-state index in [1.165, 1.54) is 23.8 Å². The van der Waals surface area contributed by atoms with Gasteiger partial charge < -0.3 is 21.0 Å². The number of carbonyl (C=O) groups excluding carboxylic acids is 2. The highest BCUT2D eigenvalue weighted by Gasteiger charge is 2.54. The van der Waals surface area contributed by atoms with Crippen LogP contribution in [0.15, 0.2) is 76.0 Å². The van der Waals surface area contributed by atoms with Crippen LogP contribution in [0.25, 0.3) is 10.8 Å². The van der Waals surface area contributed by atoms with Crippen LogP contribution >= 0.6 is 23.1 Å². The summed E-state index contributed by atoms with van der Waals surface area (Å²) in [5.41, 5.74) is 5.65. The van der Waals surface area contributed by atoms with Gasteiger partial charge >= 0.3 is 5.97 Å². The van der Waals surface area contributed by atoms with Gasteiger partial charge in [0.1, 0.15) is 24.5 Å². The lowest BCUT2D eigenvalue weighted by atomic mass is 9.94. The molecule has 0 spiro atoms. The number of nitrogens with one attached hydrogen (secondary N) is 1. The number of anilines is 1. The summed E-state index contributed by atoms with van der Waals surface area (Å²) in [6.45, 7) is 0.528. The lowest BCUT2D eigenvalue weighted by Gasteiger charge is -2.49. The van der Waals surface area contributed by atoms with Gasteiger partial charge in [-0.05, 0) is 23.6 Å². The van der Waals surface area contributed by atoms with Gasteiger partial charge in [0.15, 0.2) is 29.8 Å². The normalized spacial score (nSPS) is 19.4. The van der Waals surface area contributed by atoms with Crippen LogP contribution in [-0.2, 0) is 25.8 Å². The monoisotopic (exact) mass is 551 g/mol. The first kappa shape index (κ1) is 25.4. The third-order valence-corrected chi connectivity index (χ3v) is 7.91. The largest absolute Gasteiger partial charge is 0.477 e. The van der Waals surface area contributed by atoms with Crippen molar-refractivity contribution in [2.75, 3.05) is 18.6 Å².